The van der Waals surface area contributed by atoms with Crippen molar-refractivity contribution in [2.45, 2.75) is 71.9 Å². The van der Waals surface area contributed by atoms with Crippen LogP contribution in [0.15, 0.2) is 10.2 Å². The molecule has 2 atom stereocenters. The lowest BCUT2D eigenvalue weighted by Gasteiger charge is -2.34. The number of hydrogen-bond donors (Lipinski definition) is 2. The molecule has 1 heterocycles. The third kappa shape index (κ3) is 6.69. The van der Waals surface area contributed by atoms with Crippen LogP contribution >= 0.6 is 15.9 Å². The molecule has 0 aliphatic carbocycles. The number of amides is 3. The van der Waals surface area contributed by atoms with E-state index in [0.29, 0.717) is 4.48 Å². The van der Waals surface area contributed by atoms with Gasteiger partial charge < -0.3 is 24.8 Å². The highest BCUT2D eigenvalue weighted by molar-refractivity contribution is 9.11. The summed E-state index contributed by atoms with van der Waals surface area (Å²) in [7, 11) is 1.18. The topological polar surface area (TPSA) is 123 Å². The molecule has 1 rings (SSSR count). The van der Waals surface area contributed by atoms with Crippen molar-refractivity contribution in [3.8, 4) is 0 Å². The van der Waals surface area contributed by atoms with Crippen LogP contribution in [0.4, 0.5) is 4.79 Å². The highest BCUT2D eigenvalue weighted by Gasteiger charge is 2.49. The van der Waals surface area contributed by atoms with Gasteiger partial charge in [0, 0.05) is 4.48 Å². The van der Waals surface area contributed by atoms with E-state index < -0.39 is 47.3 Å². The molecule has 2 N–H and O–H groups in total. The van der Waals surface area contributed by atoms with Crippen molar-refractivity contribution < 1.29 is 33.4 Å². The molecule has 0 bridgehead atoms. The van der Waals surface area contributed by atoms with Gasteiger partial charge in [-0.25, -0.2) is 9.59 Å². The average molecular weight is 492 g/mol. The summed E-state index contributed by atoms with van der Waals surface area (Å²) in [5, 5.41) is 4.95. The van der Waals surface area contributed by atoms with Gasteiger partial charge in [-0.15, -0.1) is 0 Å². The van der Waals surface area contributed by atoms with E-state index in [1.165, 1.54) is 18.9 Å². The van der Waals surface area contributed by atoms with Gasteiger partial charge in [0.25, 0.3) is 0 Å². The SMILES string of the molecule is COC(=O)/C(NC(=O)[C@@H](C)NC(=O)[C@@H]1COC(C)(C)N1C(=O)OC(C)(C)C)=C(\C)Br. The van der Waals surface area contributed by atoms with E-state index in [0.717, 1.165) is 0 Å². The molecule has 1 fully saturated rings. The summed E-state index contributed by atoms with van der Waals surface area (Å²) in [6.45, 7) is 11.4. The minimum atomic E-state index is -1.07. The first kappa shape index (κ1) is 25.9. The summed E-state index contributed by atoms with van der Waals surface area (Å²) in [5.41, 5.74) is -1.90. The summed E-state index contributed by atoms with van der Waals surface area (Å²) in [6, 6.07) is -1.99. The van der Waals surface area contributed by atoms with Crippen LogP contribution in [-0.4, -0.2) is 65.9 Å². The number of carbonyl (C=O) groups is 4. The fourth-order valence-corrected chi connectivity index (χ4v) is 2.90. The van der Waals surface area contributed by atoms with Crippen LogP contribution in [0.25, 0.3) is 0 Å². The van der Waals surface area contributed by atoms with Gasteiger partial charge >= 0.3 is 12.1 Å². The Kier molecular flexibility index (Phi) is 8.44. The van der Waals surface area contributed by atoms with E-state index in [2.05, 4.69) is 31.3 Å². The molecule has 0 aromatic carbocycles. The number of esters is 1. The highest BCUT2D eigenvalue weighted by Crippen LogP contribution is 2.29. The van der Waals surface area contributed by atoms with Crippen molar-refractivity contribution in [3.05, 3.63) is 10.2 Å². The maximum absolute atomic E-state index is 12.8. The Balaban J connectivity index is 2.91. The lowest BCUT2D eigenvalue weighted by molar-refractivity contribution is -0.138. The molecule has 170 valence electrons. The standard InChI is InChI=1S/C19H30BrN3O7/c1-10(20)13(16(26)28-8)22-14(24)11(2)21-15(25)12-9-29-19(6,7)23(12)17(27)30-18(3,4)5/h11-12H,9H2,1-8H3,(H,21,25)(H,22,24)/b13-10-/t11-,12+/m1/s1. The summed E-state index contributed by atoms with van der Waals surface area (Å²) >= 11 is 3.13. The van der Waals surface area contributed by atoms with Crippen LogP contribution in [0.5, 0.6) is 0 Å². The fourth-order valence-electron chi connectivity index (χ4n) is 2.64. The van der Waals surface area contributed by atoms with Gasteiger partial charge in [-0.1, -0.05) is 15.9 Å². The number of hydrogen-bond acceptors (Lipinski definition) is 7. The minimum absolute atomic E-state index is 0.0553. The number of allylic oxidation sites excluding steroid dienone is 1. The predicted molar refractivity (Wildman–Crippen MR) is 111 cm³/mol. The van der Waals surface area contributed by atoms with Crippen LogP contribution in [0.2, 0.25) is 0 Å². The molecule has 0 radical (unpaired) electrons. The van der Waals surface area contributed by atoms with Gasteiger partial charge in [-0.3, -0.25) is 14.5 Å². The van der Waals surface area contributed by atoms with Crippen molar-refractivity contribution in [3.63, 3.8) is 0 Å². The molecular weight excluding hydrogens is 462 g/mol. The van der Waals surface area contributed by atoms with E-state index in [1.54, 1.807) is 41.5 Å². The number of ether oxygens (including phenoxy) is 3. The lowest BCUT2D eigenvalue weighted by Crippen LogP contribution is -2.57. The maximum Gasteiger partial charge on any atom is 0.413 e. The molecule has 1 aliphatic heterocycles. The van der Waals surface area contributed by atoms with E-state index >= 15 is 0 Å². The molecule has 1 saturated heterocycles. The van der Waals surface area contributed by atoms with E-state index in [9.17, 15) is 19.2 Å². The van der Waals surface area contributed by atoms with Crippen LogP contribution < -0.4 is 10.6 Å². The van der Waals surface area contributed by atoms with Crippen molar-refractivity contribution in [2.75, 3.05) is 13.7 Å². The number of methoxy groups -OCH3 is 1. The Morgan fingerprint density at radius 3 is 2.27 bits per heavy atom. The summed E-state index contributed by atoms with van der Waals surface area (Å²) in [5.74, 6) is -1.96. The first-order valence-corrected chi connectivity index (χ1v) is 10.1. The van der Waals surface area contributed by atoms with Gasteiger partial charge in [0.2, 0.25) is 11.8 Å². The van der Waals surface area contributed by atoms with Crippen molar-refractivity contribution >= 4 is 39.8 Å². The second-order valence-corrected chi connectivity index (χ2v) is 9.43. The maximum atomic E-state index is 12.8. The Morgan fingerprint density at radius 2 is 1.80 bits per heavy atom. The molecule has 11 heteroatoms. The largest absolute Gasteiger partial charge is 0.464 e. The normalized spacial score (nSPS) is 20.0. The van der Waals surface area contributed by atoms with Crippen LogP contribution in [-0.2, 0) is 28.6 Å². The van der Waals surface area contributed by atoms with Gasteiger partial charge in [0.15, 0.2) is 0 Å². The fraction of sp³-hybridized carbons (Fsp3) is 0.684. The smallest absolute Gasteiger partial charge is 0.413 e. The summed E-state index contributed by atoms with van der Waals surface area (Å²) in [6.07, 6.45) is -0.701. The number of nitrogens with one attached hydrogen (secondary N) is 2. The molecule has 0 unspecified atom stereocenters. The summed E-state index contributed by atoms with van der Waals surface area (Å²) in [4.78, 5) is 50.8. The Bertz CT molecular complexity index is 739. The second-order valence-electron chi connectivity index (χ2n) is 8.24. The van der Waals surface area contributed by atoms with Crippen LogP contribution in [0, 0.1) is 0 Å². The zero-order valence-electron chi connectivity index (χ0n) is 18.5. The monoisotopic (exact) mass is 491 g/mol. The van der Waals surface area contributed by atoms with E-state index in [4.69, 9.17) is 9.47 Å². The van der Waals surface area contributed by atoms with Crippen LogP contribution in [0.3, 0.4) is 0 Å². The first-order chi connectivity index (χ1) is 13.6. The third-order valence-electron chi connectivity index (χ3n) is 4.11. The van der Waals surface area contributed by atoms with Gasteiger partial charge in [0.05, 0.1) is 13.7 Å². The van der Waals surface area contributed by atoms with Crippen molar-refractivity contribution in [1.29, 1.82) is 0 Å². The Labute approximate surface area is 184 Å². The quantitative estimate of drug-likeness (QED) is 0.443. The molecule has 1 aliphatic rings. The zero-order valence-corrected chi connectivity index (χ0v) is 20.1. The lowest BCUT2D eigenvalue weighted by atomic mass is 10.2. The van der Waals surface area contributed by atoms with E-state index in [-0.39, 0.29) is 12.3 Å². The molecule has 10 nitrogen and oxygen atoms in total. The van der Waals surface area contributed by atoms with E-state index in [1.807, 2.05) is 0 Å². The first-order valence-electron chi connectivity index (χ1n) is 9.33. The summed E-state index contributed by atoms with van der Waals surface area (Å²) < 4.78 is 16.0. The number of nitrogens with zero attached hydrogens (tertiary/aromatic N) is 1. The average Bonchev–Trinajstić information content (AvgIpc) is 2.92. The van der Waals surface area contributed by atoms with Gasteiger partial charge in [-0.05, 0) is 48.5 Å². The highest BCUT2D eigenvalue weighted by atomic mass is 79.9. The number of carbonyl (C=O) groups excluding carboxylic acids is 4. The number of rotatable bonds is 5. The molecular formula is C19H30BrN3O7. The van der Waals surface area contributed by atoms with Crippen LogP contribution in [0.1, 0.15) is 48.5 Å². The van der Waals surface area contributed by atoms with Crippen molar-refractivity contribution in [2.24, 2.45) is 0 Å². The molecule has 0 spiro atoms. The van der Waals surface area contributed by atoms with Gasteiger partial charge in [-0.2, -0.15) is 0 Å². The second kappa shape index (κ2) is 9.78. The van der Waals surface area contributed by atoms with Crippen molar-refractivity contribution in [1.82, 2.24) is 15.5 Å². The molecule has 0 aromatic heterocycles. The number of halogens is 1. The molecule has 0 saturated carbocycles. The molecule has 0 aromatic rings. The Hall–Kier alpha value is -2.14. The van der Waals surface area contributed by atoms with Gasteiger partial charge in [0.1, 0.15) is 29.1 Å². The molecule has 30 heavy (non-hydrogen) atoms. The minimum Gasteiger partial charge on any atom is -0.464 e. The third-order valence-corrected chi connectivity index (χ3v) is 4.51. The zero-order chi connectivity index (χ0) is 23.4. The Morgan fingerprint density at radius 1 is 1.23 bits per heavy atom. The molecule has 3 amide bonds. The predicted octanol–water partition coefficient (Wildman–Crippen LogP) is 1.78.